The molecule has 2 aromatic rings. The highest BCUT2D eigenvalue weighted by Crippen LogP contribution is 2.33. The van der Waals surface area contributed by atoms with Crippen molar-refractivity contribution in [2.24, 2.45) is 0 Å². The zero-order chi connectivity index (χ0) is 14.5. The molecule has 0 saturated heterocycles. The monoisotopic (exact) mass is 272 g/mol. The average Bonchev–Trinajstić information content (AvgIpc) is 2.46. The van der Waals surface area contributed by atoms with Gasteiger partial charge in [-0.25, -0.2) is 4.79 Å². The molecular formula is C14H12N2O4. The summed E-state index contributed by atoms with van der Waals surface area (Å²) >= 11 is 0. The average molecular weight is 272 g/mol. The zero-order valence-electron chi connectivity index (χ0n) is 10.7. The highest BCUT2D eigenvalue weighted by Gasteiger charge is 2.11. The second-order valence-electron chi connectivity index (χ2n) is 3.93. The summed E-state index contributed by atoms with van der Waals surface area (Å²) in [4.78, 5) is 25.6. The van der Waals surface area contributed by atoms with Crippen molar-refractivity contribution in [3.05, 3.63) is 42.2 Å². The summed E-state index contributed by atoms with van der Waals surface area (Å²) in [5, 5.41) is 10.9. The third-order valence-corrected chi connectivity index (χ3v) is 2.72. The summed E-state index contributed by atoms with van der Waals surface area (Å²) in [6, 6.07) is 6.54. The van der Waals surface area contributed by atoms with Crippen molar-refractivity contribution in [3.8, 4) is 16.9 Å². The van der Waals surface area contributed by atoms with E-state index in [-0.39, 0.29) is 0 Å². The van der Waals surface area contributed by atoms with E-state index in [1.165, 1.54) is 13.3 Å². The Labute approximate surface area is 115 Å². The lowest BCUT2D eigenvalue weighted by atomic mass is 10.0. The van der Waals surface area contributed by atoms with E-state index >= 15 is 0 Å². The molecule has 20 heavy (non-hydrogen) atoms. The maximum absolute atomic E-state index is 11.0. The number of carbonyl (C=O) groups is 2. The number of aldehydes is 1. The van der Waals surface area contributed by atoms with Crippen LogP contribution in [0.5, 0.6) is 5.75 Å². The van der Waals surface area contributed by atoms with Gasteiger partial charge in [0.2, 0.25) is 0 Å². The van der Waals surface area contributed by atoms with Gasteiger partial charge in [-0.05, 0) is 23.8 Å². The second kappa shape index (κ2) is 5.83. The normalized spacial score (nSPS) is 9.85. The second-order valence-corrected chi connectivity index (χ2v) is 3.93. The standard InChI is InChI=1S/C14H12N2O4/c1-20-13-6-10(16-14(18)19)2-3-12(13)11-4-5-15-7-9(11)8-17/h2-8,16H,1H3,(H,18,19). The molecule has 1 aromatic carbocycles. The maximum atomic E-state index is 11.0. The molecule has 0 radical (unpaired) electrons. The maximum Gasteiger partial charge on any atom is 0.409 e. The minimum atomic E-state index is -1.16. The van der Waals surface area contributed by atoms with Gasteiger partial charge in [0.25, 0.3) is 0 Å². The number of pyridine rings is 1. The van der Waals surface area contributed by atoms with Gasteiger partial charge in [-0.3, -0.25) is 15.1 Å². The number of nitrogens with zero attached hydrogens (tertiary/aromatic N) is 1. The highest BCUT2D eigenvalue weighted by molar-refractivity contribution is 5.90. The van der Waals surface area contributed by atoms with E-state index in [1.807, 2.05) is 0 Å². The quantitative estimate of drug-likeness (QED) is 0.835. The summed E-state index contributed by atoms with van der Waals surface area (Å²) < 4.78 is 5.25. The van der Waals surface area contributed by atoms with E-state index in [0.29, 0.717) is 34.4 Å². The molecule has 1 heterocycles. The van der Waals surface area contributed by atoms with E-state index < -0.39 is 6.09 Å². The fourth-order valence-electron chi connectivity index (χ4n) is 1.86. The molecule has 6 nitrogen and oxygen atoms in total. The van der Waals surface area contributed by atoms with Gasteiger partial charge in [-0.1, -0.05) is 0 Å². The predicted octanol–water partition coefficient (Wildman–Crippen LogP) is 2.66. The fraction of sp³-hybridized carbons (Fsp3) is 0.0714. The molecule has 102 valence electrons. The van der Waals surface area contributed by atoms with Crippen molar-refractivity contribution >= 4 is 18.1 Å². The minimum absolute atomic E-state index is 0.389. The Kier molecular flexibility index (Phi) is 3.95. The number of ether oxygens (including phenoxy) is 1. The van der Waals surface area contributed by atoms with Crippen molar-refractivity contribution < 1.29 is 19.4 Å². The topological polar surface area (TPSA) is 88.5 Å². The molecule has 0 fully saturated rings. The number of amides is 1. The van der Waals surface area contributed by atoms with Crippen LogP contribution in [0.25, 0.3) is 11.1 Å². The van der Waals surface area contributed by atoms with E-state index in [1.54, 1.807) is 30.5 Å². The summed E-state index contributed by atoms with van der Waals surface area (Å²) in [6.45, 7) is 0. The molecule has 0 unspecified atom stereocenters. The molecule has 2 rings (SSSR count). The van der Waals surface area contributed by atoms with Gasteiger partial charge in [0.15, 0.2) is 6.29 Å². The lowest BCUT2D eigenvalue weighted by molar-refractivity contribution is 0.112. The van der Waals surface area contributed by atoms with E-state index in [0.717, 1.165) is 0 Å². The molecule has 1 aromatic heterocycles. The number of carbonyl (C=O) groups excluding carboxylic acids is 1. The molecule has 0 aliphatic heterocycles. The molecule has 0 aliphatic carbocycles. The smallest absolute Gasteiger partial charge is 0.409 e. The van der Waals surface area contributed by atoms with E-state index in [2.05, 4.69) is 10.3 Å². The van der Waals surface area contributed by atoms with Crippen LogP contribution in [0.2, 0.25) is 0 Å². The lowest BCUT2D eigenvalue weighted by Gasteiger charge is -2.12. The number of rotatable bonds is 4. The first kappa shape index (κ1) is 13.5. The molecule has 2 N–H and O–H groups in total. The zero-order valence-corrected chi connectivity index (χ0v) is 10.7. The van der Waals surface area contributed by atoms with Gasteiger partial charge in [0, 0.05) is 35.3 Å². The molecule has 6 heteroatoms. The predicted molar refractivity (Wildman–Crippen MR) is 73.3 cm³/mol. The van der Waals surface area contributed by atoms with Crippen LogP contribution in [0, 0.1) is 0 Å². The Morgan fingerprint density at radius 3 is 2.80 bits per heavy atom. The number of methoxy groups -OCH3 is 1. The summed E-state index contributed by atoms with van der Waals surface area (Å²) in [5.41, 5.74) is 2.19. The molecule has 0 bridgehead atoms. The fourth-order valence-corrected chi connectivity index (χ4v) is 1.86. The van der Waals surface area contributed by atoms with Crippen LogP contribution in [-0.4, -0.2) is 29.6 Å². The summed E-state index contributed by atoms with van der Waals surface area (Å²) in [5.74, 6) is 0.463. The Bertz CT molecular complexity index is 655. The van der Waals surface area contributed by atoms with Gasteiger partial charge in [-0.15, -0.1) is 0 Å². The van der Waals surface area contributed by atoms with Crippen molar-refractivity contribution in [2.75, 3.05) is 12.4 Å². The summed E-state index contributed by atoms with van der Waals surface area (Å²) in [7, 11) is 1.48. The first-order valence-corrected chi connectivity index (χ1v) is 5.73. The first-order valence-electron chi connectivity index (χ1n) is 5.73. The van der Waals surface area contributed by atoms with Crippen LogP contribution in [0.4, 0.5) is 10.5 Å². The molecular weight excluding hydrogens is 260 g/mol. The Hall–Kier alpha value is -2.89. The molecule has 0 aliphatic rings. The Morgan fingerprint density at radius 1 is 1.35 bits per heavy atom. The number of aromatic nitrogens is 1. The molecule has 0 saturated carbocycles. The van der Waals surface area contributed by atoms with E-state index in [4.69, 9.17) is 9.84 Å². The van der Waals surface area contributed by atoms with Crippen LogP contribution in [0.1, 0.15) is 10.4 Å². The van der Waals surface area contributed by atoms with E-state index in [9.17, 15) is 9.59 Å². The number of anilines is 1. The van der Waals surface area contributed by atoms with Crippen LogP contribution in [0.15, 0.2) is 36.7 Å². The SMILES string of the molecule is COc1cc(NC(=O)O)ccc1-c1ccncc1C=O. The number of hydrogen-bond acceptors (Lipinski definition) is 4. The van der Waals surface area contributed by atoms with Crippen LogP contribution < -0.4 is 10.1 Å². The number of benzene rings is 1. The Balaban J connectivity index is 2.51. The van der Waals surface area contributed by atoms with Crippen molar-refractivity contribution in [1.82, 2.24) is 4.98 Å². The van der Waals surface area contributed by atoms with Crippen LogP contribution >= 0.6 is 0 Å². The lowest BCUT2D eigenvalue weighted by Crippen LogP contribution is -2.07. The Morgan fingerprint density at radius 2 is 2.15 bits per heavy atom. The largest absolute Gasteiger partial charge is 0.496 e. The third kappa shape index (κ3) is 2.74. The summed E-state index contributed by atoms with van der Waals surface area (Å²) in [6.07, 6.45) is 2.60. The van der Waals surface area contributed by atoms with Crippen molar-refractivity contribution in [3.63, 3.8) is 0 Å². The number of nitrogens with one attached hydrogen (secondary N) is 1. The minimum Gasteiger partial charge on any atom is -0.496 e. The number of carboxylic acid groups (broad SMARTS) is 1. The first-order chi connectivity index (χ1) is 9.65. The number of hydrogen-bond donors (Lipinski definition) is 2. The van der Waals surface area contributed by atoms with Crippen molar-refractivity contribution in [1.29, 1.82) is 0 Å². The van der Waals surface area contributed by atoms with Gasteiger partial charge < -0.3 is 9.84 Å². The van der Waals surface area contributed by atoms with Gasteiger partial charge >= 0.3 is 6.09 Å². The van der Waals surface area contributed by atoms with Gasteiger partial charge in [-0.2, -0.15) is 0 Å². The molecule has 1 amide bonds. The van der Waals surface area contributed by atoms with Crippen molar-refractivity contribution in [2.45, 2.75) is 0 Å². The van der Waals surface area contributed by atoms with Gasteiger partial charge in [0.1, 0.15) is 5.75 Å². The molecule has 0 atom stereocenters. The van der Waals surface area contributed by atoms with Gasteiger partial charge in [0.05, 0.1) is 7.11 Å². The van der Waals surface area contributed by atoms with Crippen LogP contribution in [-0.2, 0) is 0 Å². The third-order valence-electron chi connectivity index (χ3n) is 2.72. The van der Waals surface area contributed by atoms with Crippen LogP contribution in [0.3, 0.4) is 0 Å². The highest BCUT2D eigenvalue weighted by atomic mass is 16.5. The molecule has 0 spiro atoms.